The molecular weight excluding hydrogens is 415 g/mol. The Morgan fingerprint density at radius 2 is 1.60 bits per heavy atom. The number of aryl methyl sites for hydroxylation is 1. The molecule has 164 valence electrons. The third-order valence-corrected chi connectivity index (χ3v) is 5.16. The van der Waals surface area contributed by atoms with Gasteiger partial charge >= 0.3 is 12.4 Å². The number of ether oxygens (including phenoxy) is 1. The normalized spacial score (nSPS) is 20.4. The van der Waals surface area contributed by atoms with Crippen LogP contribution in [-0.4, -0.2) is 19.2 Å². The number of benzene rings is 2. The highest BCUT2D eigenvalue weighted by molar-refractivity contribution is 5.34. The Morgan fingerprint density at radius 3 is 2.17 bits per heavy atom. The van der Waals surface area contributed by atoms with E-state index >= 15 is 0 Å². The minimum atomic E-state index is -4.90. The molecule has 2 aromatic rings. The largest absolute Gasteiger partial charge is 0.416 e. The summed E-state index contributed by atoms with van der Waals surface area (Å²) in [7, 11) is 0. The zero-order valence-corrected chi connectivity index (χ0v) is 16.0. The van der Waals surface area contributed by atoms with Crippen molar-refractivity contribution in [3.63, 3.8) is 0 Å². The van der Waals surface area contributed by atoms with Crippen molar-refractivity contribution < 1.29 is 35.5 Å². The maximum atomic E-state index is 13.4. The molecule has 1 fully saturated rings. The van der Waals surface area contributed by atoms with Gasteiger partial charge in [-0.2, -0.15) is 26.3 Å². The molecule has 1 N–H and O–H groups in total. The van der Waals surface area contributed by atoms with E-state index in [9.17, 15) is 30.7 Å². The van der Waals surface area contributed by atoms with E-state index in [1.165, 1.54) is 12.1 Å². The van der Waals surface area contributed by atoms with Crippen LogP contribution >= 0.6 is 0 Å². The lowest BCUT2D eigenvalue weighted by Gasteiger charge is -2.33. The van der Waals surface area contributed by atoms with Crippen molar-refractivity contribution in [3.05, 3.63) is 70.0 Å². The summed E-state index contributed by atoms with van der Waals surface area (Å²) >= 11 is 0. The summed E-state index contributed by atoms with van der Waals surface area (Å²) in [6.07, 6.45) is -9.72. The fourth-order valence-corrected chi connectivity index (χ4v) is 3.71. The minimum Gasteiger partial charge on any atom is -0.373 e. The second kappa shape index (κ2) is 8.55. The Kier molecular flexibility index (Phi) is 6.43. The topological polar surface area (TPSA) is 21.3 Å². The van der Waals surface area contributed by atoms with Gasteiger partial charge in [-0.05, 0) is 66.9 Å². The van der Waals surface area contributed by atoms with Gasteiger partial charge in [0.25, 0.3) is 0 Å². The lowest BCUT2D eigenvalue weighted by molar-refractivity contribution is -0.143. The fraction of sp³-hybridized carbons (Fsp3) is 0.429. The average Bonchev–Trinajstić information content (AvgIpc) is 2.65. The third kappa shape index (κ3) is 5.31. The second-order valence-corrected chi connectivity index (χ2v) is 7.36. The van der Waals surface area contributed by atoms with Crippen LogP contribution in [0.4, 0.5) is 30.7 Å². The molecule has 2 nitrogen and oxygen atoms in total. The highest BCUT2D eigenvalue weighted by Crippen LogP contribution is 2.37. The summed E-state index contributed by atoms with van der Waals surface area (Å²) in [5, 5.41) is 3.19. The number of piperidine rings is 1. The Balaban J connectivity index is 1.83. The SMILES string of the molecule is Cc1cc(F)ccc1C1CNCCC1OCc1cc(C(F)(F)F)cc(C(F)(F)F)c1. The zero-order chi connectivity index (χ0) is 22.1. The first-order valence-electron chi connectivity index (χ1n) is 9.32. The molecule has 2 aromatic carbocycles. The van der Waals surface area contributed by atoms with Crippen LogP contribution in [0.3, 0.4) is 0 Å². The lowest BCUT2D eigenvalue weighted by atomic mass is 9.86. The summed E-state index contributed by atoms with van der Waals surface area (Å²) < 4.78 is 97.5. The number of hydrogen-bond donors (Lipinski definition) is 1. The van der Waals surface area contributed by atoms with Crippen molar-refractivity contribution in [2.45, 2.75) is 44.3 Å². The van der Waals surface area contributed by atoms with Crippen LogP contribution in [-0.2, 0) is 23.7 Å². The molecule has 1 aliphatic heterocycles. The molecule has 0 radical (unpaired) electrons. The first kappa shape index (κ1) is 22.6. The molecule has 2 atom stereocenters. The molecule has 0 aromatic heterocycles. The van der Waals surface area contributed by atoms with Gasteiger partial charge in [0.05, 0.1) is 23.8 Å². The van der Waals surface area contributed by atoms with Crippen LogP contribution in [0.1, 0.15) is 40.2 Å². The van der Waals surface area contributed by atoms with Crippen LogP contribution < -0.4 is 5.32 Å². The van der Waals surface area contributed by atoms with Gasteiger partial charge in [-0.15, -0.1) is 0 Å². The highest BCUT2D eigenvalue weighted by Gasteiger charge is 2.37. The smallest absolute Gasteiger partial charge is 0.373 e. The van der Waals surface area contributed by atoms with Crippen molar-refractivity contribution in [1.29, 1.82) is 0 Å². The highest BCUT2D eigenvalue weighted by atomic mass is 19.4. The molecule has 2 unspecified atom stereocenters. The van der Waals surface area contributed by atoms with E-state index in [1.54, 1.807) is 13.0 Å². The summed E-state index contributed by atoms with van der Waals surface area (Å²) in [6.45, 7) is 2.45. The van der Waals surface area contributed by atoms with Gasteiger partial charge in [0.15, 0.2) is 0 Å². The van der Waals surface area contributed by atoms with Gasteiger partial charge in [0, 0.05) is 12.5 Å². The van der Waals surface area contributed by atoms with Crippen LogP contribution in [0.2, 0.25) is 0 Å². The molecule has 0 aliphatic carbocycles. The first-order chi connectivity index (χ1) is 13.9. The Morgan fingerprint density at radius 1 is 0.967 bits per heavy atom. The van der Waals surface area contributed by atoms with E-state index in [0.717, 1.165) is 5.56 Å². The van der Waals surface area contributed by atoms with E-state index < -0.39 is 36.2 Å². The van der Waals surface area contributed by atoms with E-state index in [4.69, 9.17) is 4.74 Å². The van der Waals surface area contributed by atoms with E-state index in [2.05, 4.69) is 5.32 Å². The molecule has 9 heteroatoms. The van der Waals surface area contributed by atoms with E-state index in [0.29, 0.717) is 37.2 Å². The van der Waals surface area contributed by atoms with Gasteiger partial charge in [-0.3, -0.25) is 0 Å². The van der Waals surface area contributed by atoms with Crippen LogP contribution in [0.5, 0.6) is 0 Å². The average molecular weight is 435 g/mol. The summed E-state index contributed by atoms with van der Waals surface area (Å²) in [4.78, 5) is 0. The van der Waals surface area contributed by atoms with Crippen molar-refractivity contribution in [3.8, 4) is 0 Å². The van der Waals surface area contributed by atoms with E-state index in [-0.39, 0.29) is 23.4 Å². The predicted octanol–water partition coefficient (Wildman–Crippen LogP) is 5.83. The summed E-state index contributed by atoms with van der Waals surface area (Å²) in [5.41, 5.74) is -1.41. The molecule has 1 aliphatic rings. The Hall–Kier alpha value is -2.13. The molecule has 0 saturated carbocycles. The molecule has 1 saturated heterocycles. The predicted molar refractivity (Wildman–Crippen MR) is 96.4 cm³/mol. The second-order valence-electron chi connectivity index (χ2n) is 7.36. The van der Waals surface area contributed by atoms with Crippen LogP contribution in [0.25, 0.3) is 0 Å². The number of halogens is 7. The van der Waals surface area contributed by atoms with Gasteiger partial charge < -0.3 is 10.1 Å². The Bertz CT molecular complexity index is 860. The maximum absolute atomic E-state index is 13.4. The summed E-state index contributed by atoms with van der Waals surface area (Å²) in [6, 6.07) is 5.77. The molecule has 0 spiro atoms. The molecular formula is C21H20F7NO. The van der Waals surface area contributed by atoms with Crippen molar-refractivity contribution in [1.82, 2.24) is 5.32 Å². The number of hydrogen-bond acceptors (Lipinski definition) is 2. The molecule has 30 heavy (non-hydrogen) atoms. The number of nitrogens with one attached hydrogen (secondary N) is 1. The Labute approximate surface area is 169 Å². The lowest BCUT2D eigenvalue weighted by Crippen LogP contribution is -2.40. The van der Waals surface area contributed by atoms with Crippen LogP contribution in [0.15, 0.2) is 36.4 Å². The van der Waals surface area contributed by atoms with Gasteiger partial charge in [-0.1, -0.05) is 6.07 Å². The summed E-state index contributed by atoms with van der Waals surface area (Å²) in [5.74, 6) is -0.589. The van der Waals surface area contributed by atoms with Crippen LogP contribution in [0, 0.1) is 12.7 Å². The van der Waals surface area contributed by atoms with Gasteiger partial charge in [-0.25, -0.2) is 4.39 Å². The first-order valence-corrected chi connectivity index (χ1v) is 9.32. The van der Waals surface area contributed by atoms with Crippen molar-refractivity contribution in [2.75, 3.05) is 13.1 Å². The van der Waals surface area contributed by atoms with E-state index in [1.807, 2.05) is 0 Å². The number of rotatable bonds is 4. The molecule has 3 rings (SSSR count). The van der Waals surface area contributed by atoms with Gasteiger partial charge in [0.2, 0.25) is 0 Å². The monoisotopic (exact) mass is 435 g/mol. The third-order valence-electron chi connectivity index (χ3n) is 5.16. The fourth-order valence-electron chi connectivity index (χ4n) is 3.71. The number of alkyl halides is 6. The van der Waals surface area contributed by atoms with Crippen molar-refractivity contribution >= 4 is 0 Å². The minimum absolute atomic E-state index is 0.0959. The van der Waals surface area contributed by atoms with Gasteiger partial charge in [0.1, 0.15) is 5.82 Å². The molecule has 0 amide bonds. The quantitative estimate of drug-likeness (QED) is 0.610. The standard InChI is InChI=1S/C21H20F7NO/c1-12-6-16(22)2-3-17(12)18-10-29-5-4-19(18)30-11-13-7-14(20(23,24)25)9-15(8-13)21(26,27)28/h2-3,6-9,18-19,29H,4-5,10-11H2,1H3. The maximum Gasteiger partial charge on any atom is 0.416 e. The molecule has 1 heterocycles. The molecule has 0 bridgehead atoms. The zero-order valence-electron chi connectivity index (χ0n) is 16.0. The van der Waals surface area contributed by atoms with Crippen molar-refractivity contribution in [2.24, 2.45) is 0 Å².